The van der Waals surface area contributed by atoms with Gasteiger partial charge in [-0.1, -0.05) is 0 Å². The topological polar surface area (TPSA) is 9.72 Å². The van der Waals surface area contributed by atoms with Crippen LogP contribution in [-0.4, -0.2) is 72.1 Å². The zero-order chi connectivity index (χ0) is 14.8. The van der Waals surface area contributed by atoms with E-state index in [2.05, 4.69) is 49.3 Å². The van der Waals surface area contributed by atoms with Gasteiger partial charge in [0, 0.05) is 44.3 Å². The first kappa shape index (κ1) is 16.3. The van der Waals surface area contributed by atoms with Crippen LogP contribution in [-0.2, 0) is 0 Å². The molecule has 0 amide bonds. The number of hydrogen-bond donors (Lipinski definition) is 0. The van der Waals surface area contributed by atoms with Gasteiger partial charge in [0.1, 0.15) is 0 Å². The molecule has 2 heterocycles. The molecule has 3 heteroatoms. The van der Waals surface area contributed by atoms with Gasteiger partial charge in [-0.2, -0.15) is 0 Å². The van der Waals surface area contributed by atoms with Crippen molar-refractivity contribution in [3.63, 3.8) is 0 Å². The molecule has 0 bridgehead atoms. The molecule has 1 unspecified atom stereocenters. The third-order valence-electron chi connectivity index (χ3n) is 5.22. The van der Waals surface area contributed by atoms with Crippen LogP contribution in [0.4, 0.5) is 0 Å². The summed E-state index contributed by atoms with van der Waals surface area (Å²) in [6, 6.07) is 0.732. The summed E-state index contributed by atoms with van der Waals surface area (Å²) in [5.41, 5.74) is 0.343. The molecular formula is C17H35N3. The molecular weight excluding hydrogens is 246 g/mol. The van der Waals surface area contributed by atoms with Gasteiger partial charge >= 0.3 is 0 Å². The summed E-state index contributed by atoms with van der Waals surface area (Å²) in [5, 5.41) is 0. The highest BCUT2D eigenvalue weighted by Crippen LogP contribution is 2.22. The lowest BCUT2D eigenvalue weighted by Crippen LogP contribution is -2.53. The fourth-order valence-corrected chi connectivity index (χ4v) is 3.57. The van der Waals surface area contributed by atoms with E-state index in [1.54, 1.807) is 0 Å². The van der Waals surface area contributed by atoms with E-state index in [4.69, 9.17) is 0 Å². The fraction of sp³-hybridized carbons (Fsp3) is 1.00. The third-order valence-corrected chi connectivity index (χ3v) is 5.22. The van der Waals surface area contributed by atoms with Crippen LogP contribution in [0.3, 0.4) is 0 Å². The Labute approximate surface area is 126 Å². The summed E-state index contributed by atoms with van der Waals surface area (Å²) in [6.45, 7) is 20.6. The number of rotatable bonds is 4. The predicted octanol–water partition coefficient (Wildman–Crippen LogP) is 2.52. The van der Waals surface area contributed by atoms with Gasteiger partial charge in [0.15, 0.2) is 0 Å². The average Bonchev–Trinajstić information content (AvgIpc) is 2.85. The van der Waals surface area contributed by atoms with E-state index in [0.717, 1.165) is 12.0 Å². The predicted molar refractivity (Wildman–Crippen MR) is 87.2 cm³/mol. The molecule has 0 aliphatic carbocycles. The lowest BCUT2D eigenvalue weighted by Gasteiger charge is -2.42. The van der Waals surface area contributed by atoms with Gasteiger partial charge in [0.05, 0.1) is 0 Å². The molecule has 0 saturated carbocycles. The molecule has 2 aliphatic rings. The Morgan fingerprint density at radius 1 is 1.00 bits per heavy atom. The molecule has 0 radical (unpaired) electrons. The van der Waals surface area contributed by atoms with Crippen LogP contribution in [0.15, 0.2) is 0 Å². The number of piperazine rings is 1. The minimum atomic E-state index is 0.343. The first-order valence-electron chi connectivity index (χ1n) is 8.57. The molecule has 1 atom stereocenters. The molecule has 2 rings (SSSR count). The highest BCUT2D eigenvalue weighted by atomic mass is 15.3. The van der Waals surface area contributed by atoms with E-state index in [9.17, 15) is 0 Å². The summed E-state index contributed by atoms with van der Waals surface area (Å²) in [6.07, 6.45) is 2.82. The maximum absolute atomic E-state index is 2.68. The van der Waals surface area contributed by atoms with Crippen LogP contribution >= 0.6 is 0 Å². The van der Waals surface area contributed by atoms with E-state index >= 15 is 0 Å². The summed E-state index contributed by atoms with van der Waals surface area (Å²) >= 11 is 0. The van der Waals surface area contributed by atoms with E-state index < -0.39 is 0 Å². The molecule has 20 heavy (non-hydrogen) atoms. The highest BCUT2D eigenvalue weighted by molar-refractivity contribution is 4.83. The summed E-state index contributed by atoms with van der Waals surface area (Å²) < 4.78 is 0. The van der Waals surface area contributed by atoms with Crippen molar-refractivity contribution in [1.29, 1.82) is 0 Å². The second-order valence-corrected chi connectivity index (χ2v) is 8.03. The van der Waals surface area contributed by atoms with Gasteiger partial charge in [-0.05, 0) is 66.5 Å². The van der Waals surface area contributed by atoms with Crippen LogP contribution in [0.1, 0.15) is 47.5 Å². The zero-order valence-electron chi connectivity index (χ0n) is 14.4. The Kier molecular flexibility index (Phi) is 5.49. The molecule has 2 fully saturated rings. The largest absolute Gasteiger partial charge is 0.301 e. The minimum absolute atomic E-state index is 0.343. The van der Waals surface area contributed by atoms with Crippen molar-refractivity contribution in [2.24, 2.45) is 5.92 Å². The average molecular weight is 281 g/mol. The Morgan fingerprint density at radius 2 is 1.65 bits per heavy atom. The maximum atomic E-state index is 2.68. The molecule has 118 valence electrons. The van der Waals surface area contributed by atoms with Crippen LogP contribution < -0.4 is 0 Å². The number of hydrogen-bond acceptors (Lipinski definition) is 3. The van der Waals surface area contributed by atoms with Crippen molar-refractivity contribution < 1.29 is 0 Å². The summed E-state index contributed by atoms with van der Waals surface area (Å²) in [7, 11) is 0. The van der Waals surface area contributed by atoms with Crippen molar-refractivity contribution >= 4 is 0 Å². The standard InChI is InChI=1S/C17H35N3/c1-15(2)19-9-7-16(14-19)6-8-18-10-12-20(13-11-18)17(3,4)5/h15-16H,6-14H2,1-5H3. The van der Waals surface area contributed by atoms with E-state index in [1.165, 1.54) is 58.7 Å². The van der Waals surface area contributed by atoms with E-state index in [-0.39, 0.29) is 0 Å². The van der Waals surface area contributed by atoms with Gasteiger partial charge in [-0.15, -0.1) is 0 Å². The second-order valence-electron chi connectivity index (χ2n) is 8.03. The van der Waals surface area contributed by atoms with Crippen molar-refractivity contribution in [3.05, 3.63) is 0 Å². The molecule has 0 aromatic carbocycles. The lowest BCUT2D eigenvalue weighted by molar-refractivity contribution is 0.0599. The quantitative estimate of drug-likeness (QED) is 0.784. The Morgan fingerprint density at radius 3 is 2.15 bits per heavy atom. The summed E-state index contributed by atoms with van der Waals surface area (Å²) in [4.78, 5) is 7.95. The number of likely N-dealkylation sites (tertiary alicyclic amines) is 1. The SMILES string of the molecule is CC(C)N1CCC(CCN2CCN(C(C)(C)C)CC2)C1. The second kappa shape index (κ2) is 6.76. The molecule has 3 nitrogen and oxygen atoms in total. The maximum Gasteiger partial charge on any atom is 0.0126 e. The Bertz CT molecular complexity index is 287. The smallest absolute Gasteiger partial charge is 0.0126 e. The number of nitrogens with zero attached hydrogens (tertiary/aromatic N) is 3. The van der Waals surface area contributed by atoms with Gasteiger partial charge < -0.3 is 9.80 Å². The molecule has 2 aliphatic heterocycles. The third kappa shape index (κ3) is 4.44. The Balaban J connectivity index is 1.65. The van der Waals surface area contributed by atoms with Crippen LogP contribution in [0, 0.1) is 5.92 Å². The van der Waals surface area contributed by atoms with Crippen LogP contribution in [0.25, 0.3) is 0 Å². The van der Waals surface area contributed by atoms with Crippen LogP contribution in [0.5, 0.6) is 0 Å². The van der Waals surface area contributed by atoms with Gasteiger partial charge in [0.2, 0.25) is 0 Å². The normalized spacial score (nSPS) is 27.6. The van der Waals surface area contributed by atoms with E-state index in [0.29, 0.717) is 5.54 Å². The molecule has 0 spiro atoms. The molecule has 2 saturated heterocycles. The first-order valence-corrected chi connectivity index (χ1v) is 8.57. The van der Waals surface area contributed by atoms with Gasteiger partial charge in [-0.25, -0.2) is 0 Å². The molecule has 0 aromatic heterocycles. The van der Waals surface area contributed by atoms with Crippen molar-refractivity contribution in [2.75, 3.05) is 45.8 Å². The molecule has 0 aromatic rings. The highest BCUT2D eigenvalue weighted by Gasteiger charge is 2.27. The first-order chi connectivity index (χ1) is 9.36. The van der Waals surface area contributed by atoms with Gasteiger partial charge in [0.25, 0.3) is 0 Å². The lowest BCUT2D eigenvalue weighted by atomic mass is 10.0. The molecule has 0 N–H and O–H groups in total. The van der Waals surface area contributed by atoms with E-state index in [1.807, 2.05) is 0 Å². The Hall–Kier alpha value is -0.120. The minimum Gasteiger partial charge on any atom is -0.301 e. The van der Waals surface area contributed by atoms with Crippen molar-refractivity contribution in [2.45, 2.75) is 59.0 Å². The van der Waals surface area contributed by atoms with Crippen LogP contribution in [0.2, 0.25) is 0 Å². The van der Waals surface area contributed by atoms with Crippen molar-refractivity contribution in [1.82, 2.24) is 14.7 Å². The van der Waals surface area contributed by atoms with Crippen molar-refractivity contribution in [3.8, 4) is 0 Å². The zero-order valence-corrected chi connectivity index (χ0v) is 14.4. The fourth-order valence-electron chi connectivity index (χ4n) is 3.57. The van der Waals surface area contributed by atoms with Gasteiger partial charge in [-0.3, -0.25) is 4.90 Å². The monoisotopic (exact) mass is 281 g/mol. The summed E-state index contributed by atoms with van der Waals surface area (Å²) in [5.74, 6) is 0.943.